The fourth-order valence-corrected chi connectivity index (χ4v) is 0.739. The summed E-state index contributed by atoms with van der Waals surface area (Å²) in [4.78, 5) is 0. The summed E-state index contributed by atoms with van der Waals surface area (Å²) in [5.74, 6) is 0.766. The summed E-state index contributed by atoms with van der Waals surface area (Å²) in [5, 5.41) is 0. The van der Waals surface area contributed by atoms with Gasteiger partial charge in [0.25, 0.3) is 0 Å². The Morgan fingerprint density at radius 1 is 1.20 bits per heavy atom. The molecular weight excluding hydrogens is 144 g/mol. The van der Waals surface area contributed by atoms with Gasteiger partial charge < -0.3 is 0 Å². The second kappa shape index (κ2) is 8.77. The van der Waals surface area contributed by atoms with Crippen molar-refractivity contribution in [2.75, 3.05) is 5.88 Å². The summed E-state index contributed by atoms with van der Waals surface area (Å²) in [6.45, 7) is 2.13. The fourth-order valence-electron chi connectivity index (χ4n) is 0.584. The summed E-state index contributed by atoms with van der Waals surface area (Å²) in [5.41, 5.74) is 0. The molecule has 0 spiro atoms. The van der Waals surface area contributed by atoms with Crippen molar-refractivity contribution in [3.05, 3.63) is 24.3 Å². The zero-order chi connectivity index (χ0) is 7.66. The van der Waals surface area contributed by atoms with E-state index in [1.54, 1.807) is 0 Å². The first-order valence-electron chi connectivity index (χ1n) is 3.79. The quantitative estimate of drug-likeness (QED) is 0.326. The summed E-state index contributed by atoms with van der Waals surface area (Å²) < 4.78 is 0. The molecule has 0 aromatic heterocycles. The van der Waals surface area contributed by atoms with Gasteiger partial charge in [-0.05, 0) is 19.3 Å². The van der Waals surface area contributed by atoms with Crippen LogP contribution in [0.2, 0.25) is 0 Å². The van der Waals surface area contributed by atoms with Crippen LogP contribution >= 0.6 is 11.6 Å². The van der Waals surface area contributed by atoms with Gasteiger partial charge in [-0.25, -0.2) is 0 Å². The van der Waals surface area contributed by atoms with Gasteiger partial charge in [0, 0.05) is 5.88 Å². The molecule has 0 saturated carbocycles. The largest absolute Gasteiger partial charge is 0.127 e. The number of halogens is 1. The smallest absolute Gasteiger partial charge is 0.0226 e. The topological polar surface area (TPSA) is 0 Å². The molecule has 0 saturated heterocycles. The molecule has 58 valence electrons. The maximum Gasteiger partial charge on any atom is 0.0226 e. The van der Waals surface area contributed by atoms with Gasteiger partial charge in [-0.15, -0.1) is 11.6 Å². The van der Waals surface area contributed by atoms with E-state index in [-0.39, 0.29) is 0 Å². The molecule has 0 aromatic rings. The summed E-state index contributed by atoms with van der Waals surface area (Å²) in [7, 11) is 0. The molecule has 0 aliphatic heterocycles. The van der Waals surface area contributed by atoms with Crippen LogP contribution in [-0.4, -0.2) is 5.88 Å². The minimum absolute atomic E-state index is 0.766. The van der Waals surface area contributed by atoms with Crippen LogP contribution < -0.4 is 0 Å². The number of unbranched alkanes of at least 4 members (excludes halogenated alkanes) is 1. The molecule has 10 heavy (non-hydrogen) atoms. The van der Waals surface area contributed by atoms with E-state index < -0.39 is 0 Å². The number of alkyl halides is 1. The van der Waals surface area contributed by atoms with Gasteiger partial charge in [-0.1, -0.05) is 31.2 Å². The number of hydrogen-bond donors (Lipinski definition) is 0. The van der Waals surface area contributed by atoms with Gasteiger partial charge in [0.1, 0.15) is 0 Å². The first-order valence-corrected chi connectivity index (χ1v) is 4.33. The van der Waals surface area contributed by atoms with Crippen molar-refractivity contribution < 1.29 is 0 Å². The van der Waals surface area contributed by atoms with E-state index in [2.05, 4.69) is 31.2 Å². The van der Waals surface area contributed by atoms with Crippen LogP contribution in [0.1, 0.15) is 26.2 Å². The van der Waals surface area contributed by atoms with Crippen molar-refractivity contribution in [1.82, 2.24) is 0 Å². The van der Waals surface area contributed by atoms with E-state index in [1.807, 2.05) is 0 Å². The number of hydrogen-bond acceptors (Lipinski definition) is 0. The van der Waals surface area contributed by atoms with Crippen LogP contribution in [0.3, 0.4) is 0 Å². The Morgan fingerprint density at radius 2 is 1.90 bits per heavy atom. The average molecular weight is 159 g/mol. The molecule has 0 N–H and O–H groups in total. The molecule has 0 fully saturated rings. The van der Waals surface area contributed by atoms with Gasteiger partial charge in [0.2, 0.25) is 0 Å². The normalized spacial score (nSPS) is 11.8. The van der Waals surface area contributed by atoms with Crippen LogP contribution in [0, 0.1) is 0 Å². The Morgan fingerprint density at radius 3 is 2.50 bits per heavy atom. The Kier molecular flexibility index (Phi) is 8.57. The van der Waals surface area contributed by atoms with Crippen molar-refractivity contribution in [2.45, 2.75) is 26.2 Å². The van der Waals surface area contributed by atoms with Gasteiger partial charge >= 0.3 is 0 Å². The van der Waals surface area contributed by atoms with E-state index in [0.29, 0.717) is 0 Å². The van der Waals surface area contributed by atoms with Crippen LogP contribution in [0.15, 0.2) is 24.3 Å². The molecule has 0 radical (unpaired) electrons. The standard InChI is InChI=1S/C9H15Cl/c1-2-3-4-5-6-7-8-9-10/h3-6H,2,7-9H2,1H3/b4-3-,6-5-. The lowest BCUT2D eigenvalue weighted by Crippen LogP contribution is -1.69. The van der Waals surface area contributed by atoms with E-state index in [0.717, 1.165) is 25.1 Å². The first-order chi connectivity index (χ1) is 4.91. The van der Waals surface area contributed by atoms with Gasteiger partial charge in [0.15, 0.2) is 0 Å². The van der Waals surface area contributed by atoms with Gasteiger partial charge in [0.05, 0.1) is 0 Å². The third-order valence-electron chi connectivity index (χ3n) is 1.12. The molecule has 0 aliphatic rings. The molecule has 0 aromatic carbocycles. The molecule has 0 bridgehead atoms. The van der Waals surface area contributed by atoms with Crippen molar-refractivity contribution in [3.8, 4) is 0 Å². The van der Waals surface area contributed by atoms with Crippen LogP contribution in [0.4, 0.5) is 0 Å². The minimum Gasteiger partial charge on any atom is -0.127 e. The lowest BCUT2D eigenvalue weighted by Gasteiger charge is -1.83. The Bertz CT molecular complexity index is 103. The zero-order valence-electron chi connectivity index (χ0n) is 6.52. The Hall–Kier alpha value is -0.230. The fraction of sp³-hybridized carbons (Fsp3) is 0.556. The van der Waals surface area contributed by atoms with E-state index in [4.69, 9.17) is 11.6 Å². The monoisotopic (exact) mass is 158 g/mol. The van der Waals surface area contributed by atoms with Crippen molar-refractivity contribution in [3.63, 3.8) is 0 Å². The van der Waals surface area contributed by atoms with E-state index in [9.17, 15) is 0 Å². The highest BCUT2D eigenvalue weighted by Gasteiger charge is 1.76. The molecule has 0 rings (SSSR count). The maximum atomic E-state index is 5.49. The first kappa shape index (κ1) is 9.77. The number of allylic oxidation sites excluding steroid dienone is 4. The van der Waals surface area contributed by atoms with Crippen molar-refractivity contribution >= 4 is 11.6 Å². The average Bonchev–Trinajstić information content (AvgIpc) is 1.97. The van der Waals surface area contributed by atoms with Gasteiger partial charge in [-0.3, -0.25) is 0 Å². The second-order valence-corrected chi connectivity index (χ2v) is 2.47. The third-order valence-corrected chi connectivity index (χ3v) is 1.39. The molecule has 0 amide bonds. The van der Waals surface area contributed by atoms with Gasteiger partial charge in [-0.2, -0.15) is 0 Å². The third kappa shape index (κ3) is 7.77. The van der Waals surface area contributed by atoms with Crippen LogP contribution in [0.25, 0.3) is 0 Å². The Balaban J connectivity index is 3.11. The lowest BCUT2D eigenvalue weighted by molar-refractivity contribution is 0.966. The SMILES string of the molecule is CC/C=C\C=C/CCCCl. The van der Waals surface area contributed by atoms with Crippen LogP contribution in [0.5, 0.6) is 0 Å². The number of rotatable bonds is 5. The van der Waals surface area contributed by atoms with E-state index in [1.165, 1.54) is 0 Å². The summed E-state index contributed by atoms with van der Waals surface area (Å²) >= 11 is 5.49. The molecule has 0 aliphatic carbocycles. The Labute approximate surface area is 68.6 Å². The minimum atomic E-state index is 0.766. The zero-order valence-corrected chi connectivity index (χ0v) is 7.27. The predicted octanol–water partition coefficient (Wildman–Crippen LogP) is 3.53. The highest BCUT2D eigenvalue weighted by molar-refractivity contribution is 6.17. The highest BCUT2D eigenvalue weighted by atomic mass is 35.5. The summed E-state index contributed by atoms with van der Waals surface area (Å²) in [6.07, 6.45) is 11.7. The lowest BCUT2D eigenvalue weighted by atomic mass is 10.3. The molecular formula is C9H15Cl. The highest BCUT2D eigenvalue weighted by Crippen LogP contribution is 1.93. The molecule has 0 unspecified atom stereocenters. The predicted molar refractivity (Wildman–Crippen MR) is 48.5 cm³/mol. The summed E-state index contributed by atoms with van der Waals surface area (Å²) in [6, 6.07) is 0. The van der Waals surface area contributed by atoms with Crippen molar-refractivity contribution in [2.24, 2.45) is 0 Å². The molecule has 0 nitrogen and oxygen atoms in total. The molecule has 0 atom stereocenters. The molecule has 1 heteroatoms. The maximum absolute atomic E-state index is 5.49. The van der Waals surface area contributed by atoms with Crippen molar-refractivity contribution in [1.29, 1.82) is 0 Å². The van der Waals surface area contributed by atoms with Crippen LogP contribution in [-0.2, 0) is 0 Å². The molecule has 0 heterocycles. The second-order valence-electron chi connectivity index (χ2n) is 2.10. The van der Waals surface area contributed by atoms with E-state index >= 15 is 0 Å².